The second-order valence-electron chi connectivity index (χ2n) is 5.00. The monoisotopic (exact) mass is 268 g/mol. The third-order valence-electron chi connectivity index (χ3n) is 3.59. The van der Waals surface area contributed by atoms with Crippen molar-refractivity contribution >= 4 is 11.6 Å². The van der Waals surface area contributed by atoms with Crippen LogP contribution in [0.15, 0.2) is 18.2 Å². The van der Waals surface area contributed by atoms with Gasteiger partial charge in [0, 0.05) is 26.2 Å². The molecule has 0 radical (unpaired) electrons. The molecule has 1 aliphatic rings. The Hall–Kier alpha value is -0.770. The maximum atomic E-state index is 9.82. The Morgan fingerprint density at radius 2 is 1.94 bits per heavy atom. The van der Waals surface area contributed by atoms with Crippen LogP contribution in [0.4, 0.5) is 0 Å². The van der Waals surface area contributed by atoms with Crippen molar-refractivity contribution < 1.29 is 5.11 Å². The molecule has 18 heavy (non-hydrogen) atoms. The van der Waals surface area contributed by atoms with Crippen LogP contribution in [-0.4, -0.2) is 54.7 Å². The van der Waals surface area contributed by atoms with Gasteiger partial charge in [0.2, 0.25) is 0 Å². The van der Waals surface area contributed by atoms with Crippen molar-refractivity contribution in [3.8, 4) is 5.75 Å². The van der Waals surface area contributed by atoms with Crippen molar-refractivity contribution in [3.05, 3.63) is 28.8 Å². The minimum absolute atomic E-state index is 0.248. The zero-order chi connectivity index (χ0) is 13.0. The SMILES string of the molecule is CN1CCN(CCCc2cccc(Cl)c2O)CC1. The van der Waals surface area contributed by atoms with E-state index < -0.39 is 0 Å². The lowest BCUT2D eigenvalue weighted by Crippen LogP contribution is -2.44. The van der Waals surface area contributed by atoms with Gasteiger partial charge in [-0.15, -0.1) is 0 Å². The van der Waals surface area contributed by atoms with Crippen molar-refractivity contribution in [1.29, 1.82) is 0 Å². The lowest BCUT2D eigenvalue weighted by molar-refractivity contribution is 0.153. The molecule has 1 saturated heterocycles. The largest absolute Gasteiger partial charge is 0.506 e. The van der Waals surface area contributed by atoms with Crippen LogP contribution in [0.3, 0.4) is 0 Å². The first kappa shape index (κ1) is 13.7. The number of phenols is 1. The van der Waals surface area contributed by atoms with Gasteiger partial charge in [-0.25, -0.2) is 0 Å². The van der Waals surface area contributed by atoms with Gasteiger partial charge in [-0.3, -0.25) is 0 Å². The van der Waals surface area contributed by atoms with E-state index in [1.54, 1.807) is 6.07 Å². The number of nitrogens with zero attached hydrogens (tertiary/aromatic N) is 2. The molecule has 3 nitrogen and oxygen atoms in total. The second kappa shape index (κ2) is 6.41. The van der Waals surface area contributed by atoms with Gasteiger partial charge in [-0.2, -0.15) is 0 Å². The van der Waals surface area contributed by atoms with Gasteiger partial charge in [-0.05, 0) is 38.1 Å². The van der Waals surface area contributed by atoms with Crippen molar-refractivity contribution in [2.75, 3.05) is 39.8 Å². The molecule has 0 saturated carbocycles. The number of likely N-dealkylation sites (N-methyl/N-ethyl adjacent to an activating group) is 1. The van der Waals surface area contributed by atoms with Gasteiger partial charge >= 0.3 is 0 Å². The topological polar surface area (TPSA) is 26.7 Å². The van der Waals surface area contributed by atoms with Gasteiger partial charge in [0.05, 0.1) is 5.02 Å². The van der Waals surface area contributed by atoms with Crippen molar-refractivity contribution in [2.45, 2.75) is 12.8 Å². The van der Waals surface area contributed by atoms with E-state index in [-0.39, 0.29) is 5.75 Å². The Labute approximate surface area is 114 Å². The summed E-state index contributed by atoms with van der Waals surface area (Å²) in [6, 6.07) is 5.57. The molecule has 1 aromatic carbocycles. The molecule has 0 spiro atoms. The average molecular weight is 269 g/mol. The Bertz CT molecular complexity index is 389. The van der Waals surface area contributed by atoms with E-state index in [9.17, 15) is 5.11 Å². The number of para-hydroxylation sites is 1. The van der Waals surface area contributed by atoms with Gasteiger partial charge in [0.1, 0.15) is 5.75 Å². The lowest BCUT2D eigenvalue weighted by atomic mass is 10.1. The molecule has 1 aromatic rings. The lowest BCUT2D eigenvalue weighted by Gasteiger charge is -2.32. The number of halogens is 1. The normalized spacial score (nSPS) is 18.1. The highest BCUT2D eigenvalue weighted by Gasteiger charge is 2.13. The van der Waals surface area contributed by atoms with Crippen LogP contribution in [0.2, 0.25) is 5.02 Å². The summed E-state index contributed by atoms with van der Waals surface area (Å²) in [7, 11) is 2.17. The van der Waals surface area contributed by atoms with Crippen LogP contribution in [0, 0.1) is 0 Å². The fraction of sp³-hybridized carbons (Fsp3) is 0.571. The molecule has 1 aliphatic heterocycles. The van der Waals surface area contributed by atoms with Gasteiger partial charge < -0.3 is 14.9 Å². The number of aromatic hydroxyl groups is 1. The summed E-state index contributed by atoms with van der Waals surface area (Å²) in [5.41, 5.74) is 0.955. The summed E-state index contributed by atoms with van der Waals surface area (Å²) in [5.74, 6) is 0.248. The molecule has 0 aliphatic carbocycles. The quantitative estimate of drug-likeness (QED) is 0.907. The van der Waals surface area contributed by atoms with Crippen LogP contribution >= 0.6 is 11.6 Å². The number of phenolic OH excluding ortho intramolecular Hbond substituents is 1. The Morgan fingerprint density at radius 3 is 2.67 bits per heavy atom. The Morgan fingerprint density at radius 1 is 1.22 bits per heavy atom. The van der Waals surface area contributed by atoms with Gasteiger partial charge in [0.25, 0.3) is 0 Å². The zero-order valence-electron chi connectivity index (χ0n) is 10.9. The fourth-order valence-electron chi connectivity index (χ4n) is 2.33. The maximum Gasteiger partial charge on any atom is 0.137 e. The summed E-state index contributed by atoms with van der Waals surface area (Å²) in [5, 5.41) is 10.3. The highest BCUT2D eigenvalue weighted by Crippen LogP contribution is 2.27. The number of hydrogen-bond acceptors (Lipinski definition) is 3. The summed E-state index contributed by atoms with van der Waals surface area (Å²) < 4.78 is 0. The molecule has 4 heteroatoms. The number of piperazine rings is 1. The molecule has 0 bridgehead atoms. The number of aryl methyl sites for hydroxylation is 1. The van der Waals surface area contributed by atoms with E-state index >= 15 is 0 Å². The van der Waals surface area contributed by atoms with Crippen LogP contribution in [0.1, 0.15) is 12.0 Å². The van der Waals surface area contributed by atoms with E-state index in [2.05, 4.69) is 16.8 Å². The summed E-state index contributed by atoms with van der Waals surface area (Å²) >= 11 is 5.89. The third kappa shape index (κ3) is 3.61. The minimum atomic E-state index is 0.248. The number of benzene rings is 1. The fourth-order valence-corrected chi connectivity index (χ4v) is 2.52. The molecule has 1 heterocycles. The molecule has 0 unspecified atom stereocenters. The molecule has 100 valence electrons. The van der Waals surface area contributed by atoms with E-state index in [0.717, 1.165) is 51.1 Å². The average Bonchev–Trinajstić information content (AvgIpc) is 2.37. The predicted octanol–water partition coefficient (Wildman–Crippen LogP) is 2.23. The molecule has 1 fully saturated rings. The molecular weight excluding hydrogens is 248 g/mol. The van der Waals surface area contributed by atoms with Crippen LogP contribution in [0.5, 0.6) is 5.75 Å². The molecule has 0 amide bonds. The molecule has 1 N–H and O–H groups in total. The first-order chi connectivity index (χ1) is 8.66. The first-order valence-electron chi connectivity index (χ1n) is 6.54. The highest BCUT2D eigenvalue weighted by atomic mass is 35.5. The Balaban J connectivity index is 1.77. The van der Waals surface area contributed by atoms with Crippen molar-refractivity contribution in [2.24, 2.45) is 0 Å². The summed E-state index contributed by atoms with van der Waals surface area (Å²) in [4.78, 5) is 4.85. The van der Waals surface area contributed by atoms with E-state index in [1.165, 1.54) is 0 Å². The highest BCUT2D eigenvalue weighted by molar-refractivity contribution is 6.32. The van der Waals surface area contributed by atoms with Crippen molar-refractivity contribution in [3.63, 3.8) is 0 Å². The van der Waals surface area contributed by atoms with Crippen LogP contribution < -0.4 is 0 Å². The first-order valence-corrected chi connectivity index (χ1v) is 6.92. The molecular formula is C14H21ClN2O. The zero-order valence-corrected chi connectivity index (χ0v) is 11.7. The van der Waals surface area contributed by atoms with Crippen LogP contribution in [-0.2, 0) is 6.42 Å². The van der Waals surface area contributed by atoms with E-state index in [1.807, 2.05) is 12.1 Å². The van der Waals surface area contributed by atoms with Crippen LogP contribution in [0.25, 0.3) is 0 Å². The predicted molar refractivity (Wildman–Crippen MR) is 75.4 cm³/mol. The van der Waals surface area contributed by atoms with Crippen molar-refractivity contribution in [1.82, 2.24) is 9.80 Å². The van der Waals surface area contributed by atoms with Gasteiger partial charge in [-0.1, -0.05) is 23.7 Å². The third-order valence-corrected chi connectivity index (χ3v) is 3.89. The number of hydrogen-bond donors (Lipinski definition) is 1. The number of rotatable bonds is 4. The van der Waals surface area contributed by atoms with E-state index in [0.29, 0.717) is 5.02 Å². The smallest absolute Gasteiger partial charge is 0.137 e. The minimum Gasteiger partial charge on any atom is -0.506 e. The standard InChI is InChI=1S/C14H21ClN2O/c1-16-8-10-17(11-9-16)7-3-5-12-4-2-6-13(15)14(12)18/h2,4,6,18H,3,5,7-11H2,1H3. The maximum absolute atomic E-state index is 9.82. The summed E-state index contributed by atoms with van der Waals surface area (Å²) in [6.07, 6.45) is 1.95. The van der Waals surface area contributed by atoms with E-state index in [4.69, 9.17) is 11.6 Å². The Kier molecular flexibility index (Phi) is 4.87. The summed E-state index contributed by atoms with van der Waals surface area (Å²) in [6.45, 7) is 5.71. The second-order valence-corrected chi connectivity index (χ2v) is 5.40. The molecule has 2 rings (SSSR count). The molecule has 0 aromatic heterocycles. The van der Waals surface area contributed by atoms with Gasteiger partial charge in [0.15, 0.2) is 0 Å². The molecule has 0 atom stereocenters.